The molecule has 5 aromatic rings. The zero-order valence-electron chi connectivity index (χ0n) is 29.4. The Labute approximate surface area is 304 Å². The Morgan fingerprint density at radius 3 is 2.42 bits per heavy atom. The Bertz CT molecular complexity index is 2200. The first kappa shape index (κ1) is 33.7. The van der Waals surface area contributed by atoms with Crippen molar-refractivity contribution in [2.45, 2.75) is 62.6 Å². The molecule has 13 heteroatoms. The van der Waals surface area contributed by atoms with Gasteiger partial charge in [0.1, 0.15) is 17.7 Å². The molecular weight excluding hydrogens is 680 g/mol. The van der Waals surface area contributed by atoms with Crippen LogP contribution in [0.5, 0.6) is 0 Å². The van der Waals surface area contributed by atoms with Gasteiger partial charge in [-0.15, -0.1) is 0 Å². The summed E-state index contributed by atoms with van der Waals surface area (Å²) < 4.78 is 43.0. The molecule has 0 radical (unpaired) electrons. The molecule has 0 saturated carbocycles. The number of aromatic nitrogens is 4. The largest absolute Gasteiger partial charge is 0.453 e. The van der Waals surface area contributed by atoms with Crippen molar-refractivity contribution in [1.82, 2.24) is 35.5 Å². The second-order valence-corrected chi connectivity index (χ2v) is 14.5. The predicted octanol–water partition coefficient (Wildman–Crippen LogP) is 6.98. The van der Waals surface area contributed by atoms with Gasteiger partial charge < -0.3 is 35.0 Å². The number of benzene rings is 3. The molecule has 3 fully saturated rings. The number of alkyl halides is 2. The van der Waals surface area contributed by atoms with Crippen molar-refractivity contribution in [3.05, 3.63) is 83.6 Å². The summed E-state index contributed by atoms with van der Waals surface area (Å²) in [4.78, 5) is 44.1. The average molecular weight is 722 g/mol. The average Bonchev–Trinajstić information content (AvgIpc) is 4.04. The van der Waals surface area contributed by atoms with Crippen molar-refractivity contribution in [3.8, 4) is 33.5 Å². The van der Waals surface area contributed by atoms with Crippen LogP contribution in [0.25, 0.3) is 44.5 Å². The molecular formula is C40H41F2N7O4. The van der Waals surface area contributed by atoms with Gasteiger partial charge in [-0.25, -0.2) is 14.8 Å². The van der Waals surface area contributed by atoms with E-state index in [0.29, 0.717) is 72.8 Å². The fraction of sp³-hybridized carbons (Fsp3) is 0.400. The topological polar surface area (TPSA) is 137 Å². The van der Waals surface area contributed by atoms with Crippen LogP contribution in [0.4, 0.5) is 13.6 Å². The lowest BCUT2D eigenvalue weighted by Crippen LogP contribution is -2.53. The third-order valence-corrected chi connectivity index (χ3v) is 11.4. The number of carbonyl (C=O) groups excluding carboxylic acids is 2. The van der Waals surface area contributed by atoms with Gasteiger partial charge in [-0.2, -0.15) is 8.78 Å². The second kappa shape index (κ2) is 13.4. The predicted molar refractivity (Wildman–Crippen MR) is 194 cm³/mol. The highest BCUT2D eigenvalue weighted by atomic mass is 19.3. The number of nitrogens with one attached hydrogen (secondary N) is 4. The van der Waals surface area contributed by atoms with Gasteiger partial charge in [-0.1, -0.05) is 30.3 Å². The van der Waals surface area contributed by atoms with Crippen LogP contribution in [0.15, 0.2) is 60.8 Å². The zero-order chi connectivity index (χ0) is 36.3. The van der Waals surface area contributed by atoms with E-state index >= 15 is 8.78 Å². The number of imidazole rings is 2. The maximum absolute atomic E-state index is 16.3. The quantitative estimate of drug-likeness (QED) is 0.142. The van der Waals surface area contributed by atoms with E-state index in [-0.39, 0.29) is 35.0 Å². The lowest BCUT2D eigenvalue weighted by molar-refractivity contribution is -0.136. The number of nitrogens with zero attached hydrogens (tertiary/aromatic N) is 3. The fourth-order valence-corrected chi connectivity index (χ4v) is 8.62. The summed E-state index contributed by atoms with van der Waals surface area (Å²) in [6.45, 7) is 2.54. The molecule has 9 rings (SSSR count). The lowest BCUT2D eigenvalue weighted by Gasteiger charge is -2.34. The van der Waals surface area contributed by atoms with E-state index in [1.54, 1.807) is 35.4 Å². The fourth-order valence-electron chi connectivity index (χ4n) is 8.62. The number of hydrogen-bond acceptors (Lipinski definition) is 7. The summed E-state index contributed by atoms with van der Waals surface area (Å²) in [5.74, 6) is -1.99. The van der Waals surface area contributed by atoms with Crippen LogP contribution in [0.2, 0.25) is 0 Å². The van der Waals surface area contributed by atoms with Gasteiger partial charge in [-0.05, 0) is 97.5 Å². The van der Waals surface area contributed by atoms with Gasteiger partial charge in [0.15, 0.2) is 0 Å². The molecule has 3 aromatic carbocycles. The maximum atomic E-state index is 16.3. The van der Waals surface area contributed by atoms with Crippen LogP contribution < -0.4 is 10.6 Å². The Kier molecular flexibility index (Phi) is 8.50. The molecule has 2 unspecified atom stereocenters. The number of halogens is 2. The maximum Gasteiger partial charge on any atom is 0.407 e. The normalized spacial score (nSPS) is 21.5. The highest BCUT2D eigenvalue weighted by Gasteiger charge is 2.45. The van der Waals surface area contributed by atoms with Gasteiger partial charge in [0.05, 0.1) is 42.1 Å². The molecule has 3 saturated heterocycles. The molecule has 3 aliphatic heterocycles. The third kappa shape index (κ3) is 5.95. The van der Waals surface area contributed by atoms with E-state index in [0.717, 1.165) is 48.2 Å². The molecule has 1 aliphatic carbocycles. The summed E-state index contributed by atoms with van der Waals surface area (Å²) in [6.07, 6.45) is 5.88. The molecule has 11 nitrogen and oxygen atoms in total. The number of hydrogen-bond donors (Lipinski definition) is 4. The van der Waals surface area contributed by atoms with Crippen molar-refractivity contribution >= 4 is 23.0 Å². The molecule has 53 heavy (non-hydrogen) atoms. The Morgan fingerprint density at radius 1 is 0.925 bits per heavy atom. The van der Waals surface area contributed by atoms with Crippen LogP contribution in [0.3, 0.4) is 0 Å². The van der Waals surface area contributed by atoms with E-state index in [1.807, 2.05) is 30.3 Å². The van der Waals surface area contributed by atoms with Crippen molar-refractivity contribution < 1.29 is 27.8 Å². The molecule has 0 spiro atoms. The number of amides is 2. The number of rotatable bonds is 7. The molecule has 274 valence electrons. The van der Waals surface area contributed by atoms with Crippen molar-refractivity contribution in [2.75, 3.05) is 33.4 Å². The summed E-state index contributed by atoms with van der Waals surface area (Å²) in [6, 6.07) is 15.4. The van der Waals surface area contributed by atoms with Crippen molar-refractivity contribution in [3.63, 3.8) is 0 Å². The number of ether oxygens (including phenoxy) is 2. The summed E-state index contributed by atoms with van der Waals surface area (Å²) in [5.41, 5.74) is 5.40. The number of methoxy groups -OCH3 is 1. The molecule has 3 atom stereocenters. The lowest BCUT2D eigenvalue weighted by atomic mass is 9.90. The van der Waals surface area contributed by atoms with E-state index in [4.69, 9.17) is 14.5 Å². The number of likely N-dealkylation sites (tertiary alicyclic amines) is 1. The van der Waals surface area contributed by atoms with Gasteiger partial charge in [0.25, 0.3) is 5.92 Å². The van der Waals surface area contributed by atoms with E-state index in [2.05, 4.69) is 25.6 Å². The molecule has 4 aliphatic rings. The van der Waals surface area contributed by atoms with Gasteiger partial charge in [0, 0.05) is 36.4 Å². The van der Waals surface area contributed by atoms with E-state index in [1.165, 1.54) is 7.11 Å². The number of aromatic amines is 2. The molecule has 2 amide bonds. The smallest absolute Gasteiger partial charge is 0.407 e. The minimum absolute atomic E-state index is 0.0206. The highest BCUT2D eigenvalue weighted by Crippen LogP contribution is 2.53. The zero-order valence-corrected chi connectivity index (χ0v) is 29.4. The molecule has 4 N–H and O–H groups in total. The molecule has 0 bridgehead atoms. The molecule has 5 heterocycles. The first-order chi connectivity index (χ1) is 25.8. The number of fused-ring (bicyclic) bond motifs is 4. The van der Waals surface area contributed by atoms with E-state index < -0.39 is 18.1 Å². The summed E-state index contributed by atoms with van der Waals surface area (Å²) in [7, 11) is 1.28. The third-order valence-electron chi connectivity index (χ3n) is 11.4. The Hall–Kier alpha value is -5.14. The number of H-pyrrole nitrogens is 2. The summed E-state index contributed by atoms with van der Waals surface area (Å²) >= 11 is 0. The van der Waals surface area contributed by atoms with Gasteiger partial charge in [0.2, 0.25) is 5.91 Å². The van der Waals surface area contributed by atoms with Crippen LogP contribution in [0, 0.1) is 5.92 Å². The monoisotopic (exact) mass is 721 g/mol. The second-order valence-electron chi connectivity index (χ2n) is 14.5. The number of carbonyl (C=O) groups is 2. The molecule has 2 aromatic heterocycles. The first-order valence-electron chi connectivity index (χ1n) is 18.5. The van der Waals surface area contributed by atoms with E-state index in [9.17, 15) is 9.59 Å². The first-order valence-corrected chi connectivity index (χ1v) is 18.5. The number of alkyl carbamates (subject to hydrolysis) is 1. The standard InChI is InChI=1S/C40H41F2N7O4/c1-52-39(51)48-35(22-12-16-53-17-13-22)38(50)49-15-3-5-34(49)37-44-21-33(47-37)25-7-10-27-26-9-6-23(18-28(26)40(41,42)29(27)19-25)24-8-11-30-32(20-24)46-36(45-30)31-4-2-14-43-31/h6-11,18-22,31,34-35,43H,2-5,12-17H2,1H3,(H,44,47)(H,45,46)(H,48,51)/t31?,34?,35-/m0/s1. The van der Waals surface area contributed by atoms with Crippen LogP contribution in [-0.4, -0.2) is 76.3 Å². The van der Waals surface area contributed by atoms with Gasteiger partial charge >= 0.3 is 6.09 Å². The van der Waals surface area contributed by atoms with Crippen molar-refractivity contribution in [1.29, 1.82) is 0 Å². The van der Waals surface area contributed by atoms with Crippen LogP contribution >= 0.6 is 0 Å². The minimum atomic E-state index is -3.21. The Morgan fingerprint density at radius 2 is 1.66 bits per heavy atom. The SMILES string of the molecule is COC(=O)N[C@H](C(=O)N1CCCC1c1ncc(-c2ccc3c(c2)C(F)(F)c2cc(-c4ccc5nc(C6CCCN6)[nH]c5c4)ccc2-3)[nH]1)C1CCOCC1. The highest BCUT2D eigenvalue weighted by molar-refractivity contribution is 5.88. The van der Waals surface area contributed by atoms with Gasteiger partial charge in [-0.3, -0.25) is 4.79 Å². The van der Waals surface area contributed by atoms with Crippen LogP contribution in [-0.2, 0) is 20.2 Å². The summed E-state index contributed by atoms with van der Waals surface area (Å²) in [5, 5.41) is 6.24. The van der Waals surface area contributed by atoms with Crippen molar-refractivity contribution in [2.24, 2.45) is 5.92 Å². The minimum Gasteiger partial charge on any atom is -0.453 e. The van der Waals surface area contributed by atoms with Crippen LogP contribution in [0.1, 0.15) is 73.4 Å². The Balaban J connectivity index is 0.961.